The van der Waals surface area contributed by atoms with Gasteiger partial charge in [-0.2, -0.15) is 0 Å². The van der Waals surface area contributed by atoms with Gasteiger partial charge in [-0.1, -0.05) is 0 Å². The molecule has 0 aromatic carbocycles. The van der Waals surface area contributed by atoms with Gasteiger partial charge in [0.15, 0.2) is 5.76 Å². The Bertz CT molecular complexity index is 1480. The zero-order valence-electron chi connectivity index (χ0n) is 30.3. The number of nitrogens with one attached hydrogen (secondary N) is 3. The molecule has 0 saturated heterocycles. The highest BCUT2D eigenvalue weighted by Crippen LogP contribution is 2.05. The number of rotatable bonds is 24. The van der Waals surface area contributed by atoms with Gasteiger partial charge < -0.3 is 61.7 Å². The molecule has 3 unspecified atom stereocenters. The zero-order chi connectivity index (χ0) is 40.1. The predicted octanol–water partition coefficient (Wildman–Crippen LogP) is 2.02. The van der Waals surface area contributed by atoms with Gasteiger partial charge >= 0.3 is 17.9 Å². The molecule has 54 heavy (non-hydrogen) atoms. The van der Waals surface area contributed by atoms with Crippen LogP contribution in [0.25, 0.3) is 0 Å². The van der Waals surface area contributed by atoms with Crippen LogP contribution in [0.3, 0.4) is 0 Å². The van der Waals surface area contributed by atoms with Crippen molar-refractivity contribution in [2.45, 2.75) is 95.2 Å². The maximum absolute atomic E-state index is 11.5. The minimum Gasteiger partial charge on any atom is -0.480 e. The second-order valence-electron chi connectivity index (χ2n) is 12.1. The van der Waals surface area contributed by atoms with E-state index in [1.807, 2.05) is 6.07 Å². The summed E-state index contributed by atoms with van der Waals surface area (Å²) in [6, 6.07) is 7.87. The predicted molar refractivity (Wildman–Crippen MR) is 195 cm³/mol. The Morgan fingerprint density at radius 1 is 0.556 bits per heavy atom. The van der Waals surface area contributed by atoms with E-state index in [-0.39, 0.29) is 29.9 Å². The lowest BCUT2D eigenvalue weighted by atomic mass is 10.1. The Kier molecular flexibility index (Phi) is 24.2. The summed E-state index contributed by atoms with van der Waals surface area (Å²) in [6.07, 6.45) is 11.1. The third-order valence-electron chi connectivity index (χ3n) is 7.55. The molecule has 0 radical (unpaired) electrons. The van der Waals surface area contributed by atoms with Gasteiger partial charge in [0, 0.05) is 32.5 Å². The summed E-state index contributed by atoms with van der Waals surface area (Å²) in [7, 11) is 0. The van der Waals surface area contributed by atoms with E-state index in [1.165, 1.54) is 12.5 Å². The van der Waals surface area contributed by atoms with E-state index in [0.717, 1.165) is 12.2 Å². The number of hydrogen-bond donors (Lipinski definition) is 9. The van der Waals surface area contributed by atoms with Crippen molar-refractivity contribution < 1.29 is 57.3 Å². The van der Waals surface area contributed by atoms with Crippen LogP contribution >= 0.6 is 0 Å². The lowest BCUT2D eigenvalue weighted by Gasteiger charge is -2.07. The lowest BCUT2D eigenvalue weighted by Crippen LogP contribution is -2.30. The summed E-state index contributed by atoms with van der Waals surface area (Å²) >= 11 is 0. The fourth-order valence-corrected chi connectivity index (χ4v) is 4.40. The van der Waals surface area contributed by atoms with Crippen LogP contribution in [0.2, 0.25) is 0 Å². The van der Waals surface area contributed by atoms with Crippen LogP contribution in [0.1, 0.15) is 86.3 Å². The molecule has 0 spiro atoms. The van der Waals surface area contributed by atoms with Crippen LogP contribution in [0.5, 0.6) is 0 Å². The molecule has 300 valence electrons. The molecule has 0 aliphatic rings. The second kappa shape index (κ2) is 28.1. The van der Waals surface area contributed by atoms with Crippen LogP contribution in [0.15, 0.2) is 68.4 Å². The minimum atomic E-state index is -0.996. The third kappa shape index (κ3) is 23.2. The number of carboxylic acid groups (broad SMARTS) is 3. The Labute approximate surface area is 313 Å². The Morgan fingerprint density at radius 2 is 0.981 bits per heavy atom. The third-order valence-corrected chi connectivity index (χ3v) is 7.55. The van der Waals surface area contributed by atoms with E-state index in [4.69, 9.17) is 45.8 Å². The van der Waals surface area contributed by atoms with Gasteiger partial charge in [-0.05, 0) is 94.2 Å². The van der Waals surface area contributed by atoms with E-state index >= 15 is 0 Å². The first-order chi connectivity index (χ1) is 25.8. The highest BCUT2D eigenvalue weighted by Gasteiger charge is 2.13. The maximum Gasteiger partial charge on any atom is 0.320 e. The van der Waals surface area contributed by atoms with Crippen molar-refractivity contribution in [3.05, 3.63) is 72.5 Å². The molecule has 0 saturated carbocycles. The molecule has 12 N–H and O–H groups in total. The van der Waals surface area contributed by atoms with Crippen LogP contribution in [0, 0.1) is 0 Å². The summed E-state index contributed by atoms with van der Waals surface area (Å²) in [5, 5.41) is 33.9. The lowest BCUT2D eigenvalue weighted by molar-refractivity contribution is -0.139. The number of aliphatic carboxylic acids is 3. The van der Waals surface area contributed by atoms with Gasteiger partial charge in [-0.25, -0.2) is 0 Å². The summed E-state index contributed by atoms with van der Waals surface area (Å²) < 4.78 is 15.1. The number of furan rings is 3. The van der Waals surface area contributed by atoms with Crippen molar-refractivity contribution in [2.75, 3.05) is 19.6 Å². The number of carboxylic acids is 3. The fourth-order valence-electron chi connectivity index (χ4n) is 4.40. The van der Waals surface area contributed by atoms with Crippen LogP contribution in [0.4, 0.5) is 0 Å². The van der Waals surface area contributed by atoms with E-state index in [9.17, 15) is 28.8 Å². The molecule has 0 aliphatic heterocycles. The van der Waals surface area contributed by atoms with Gasteiger partial charge in [0.05, 0.1) is 25.2 Å². The van der Waals surface area contributed by atoms with Crippen molar-refractivity contribution in [1.29, 1.82) is 0 Å². The van der Waals surface area contributed by atoms with Crippen LogP contribution in [-0.2, 0) is 36.8 Å². The maximum atomic E-state index is 11.5. The number of carbonyl (C=O) groups is 6. The summed E-state index contributed by atoms with van der Waals surface area (Å²) in [4.78, 5) is 65.6. The van der Waals surface area contributed by atoms with E-state index < -0.39 is 36.0 Å². The Balaban J connectivity index is 0.000000406. The molecule has 0 fully saturated rings. The number of hydrogen-bond acceptors (Lipinski definition) is 12. The van der Waals surface area contributed by atoms with Crippen molar-refractivity contribution in [3.8, 4) is 0 Å². The monoisotopic (exact) mass is 762 g/mol. The van der Waals surface area contributed by atoms with Crippen molar-refractivity contribution in [3.63, 3.8) is 0 Å². The number of unbranched alkanes of at least 4 members (excludes halogenated alkanes) is 3. The number of amides is 3. The van der Waals surface area contributed by atoms with E-state index in [0.29, 0.717) is 89.6 Å². The van der Waals surface area contributed by atoms with Gasteiger partial charge in [0.25, 0.3) is 5.91 Å². The molecule has 3 heterocycles. The molecule has 3 amide bonds. The topological polar surface area (TPSA) is 317 Å². The highest BCUT2D eigenvalue weighted by molar-refractivity contribution is 5.91. The van der Waals surface area contributed by atoms with Gasteiger partial charge in [-0.15, -0.1) is 0 Å². The van der Waals surface area contributed by atoms with Crippen LogP contribution < -0.4 is 33.2 Å². The quantitative estimate of drug-likeness (QED) is 0.0590. The molecule has 3 aromatic rings. The average molecular weight is 763 g/mol. The SMILES string of the molecule is NC(CCCCNC(=O)CCc1ccco1)C(=O)O.NC(CCCCNC(=O)Cc1ccco1)C(=O)O.NC(CCCCNC(=O)c1ccco1)C(=O)O. The smallest absolute Gasteiger partial charge is 0.320 e. The molecule has 3 aromatic heterocycles. The fraction of sp³-hybridized carbons (Fsp3) is 0.500. The first-order valence-electron chi connectivity index (χ1n) is 17.6. The number of nitrogens with two attached hydrogens (primary N) is 3. The standard InChI is InChI=1S/C13H20N2O4.C12H18N2O4.C11H16N2O4/c14-11(13(17)18)5-1-2-8-15-12(16)7-6-10-4-3-9-19-10;13-10(12(16)17)5-1-2-6-14-11(15)8-9-4-3-7-18-9;12-8(11(15)16)4-1-2-6-13-10(14)9-5-3-7-17-9/h3-4,9,11H,1-2,5-8,14H2,(H,15,16)(H,17,18);3-4,7,10H,1-2,5-6,8,13H2,(H,14,15)(H,16,17);3,5,7-8H,1-2,4,6,12H2,(H,13,14)(H,15,16). The first kappa shape index (κ1) is 46.6. The van der Waals surface area contributed by atoms with E-state index in [1.54, 1.807) is 36.6 Å². The summed E-state index contributed by atoms with van der Waals surface area (Å²) in [5.74, 6) is -1.68. The Hall–Kier alpha value is -5.46. The summed E-state index contributed by atoms with van der Waals surface area (Å²) in [6.45, 7) is 1.54. The molecule has 3 atom stereocenters. The average Bonchev–Trinajstić information content (AvgIpc) is 3.96. The number of carbonyl (C=O) groups excluding carboxylic acids is 3. The molecule has 0 bridgehead atoms. The zero-order valence-corrected chi connectivity index (χ0v) is 30.3. The highest BCUT2D eigenvalue weighted by atomic mass is 16.4. The second-order valence-corrected chi connectivity index (χ2v) is 12.1. The van der Waals surface area contributed by atoms with Crippen molar-refractivity contribution in [2.24, 2.45) is 17.2 Å². The molecule has 3 rings (SSSR count). The van der Waals surface area contributed by atoms with Crippen molar-refractivity contribution >= 4 is 35.6 Å². The Morgan fingerprint density at radius 3 is 1.41 bits per heavy atom. The van der Waals surface area contributed by atoms with E-state index in [2.05, 4.69) is 16.0 Å². The minimum absolute atomic E-state index is 0.0288. The van der Waals surface area contributed by atoms with Crippen molar-refractivity contribution in [1.82, 2.24) is 16.0 Å². The number of aryl methyl sites for hydroxylation is 1. The first-order valence-corrected chi connectivity index (χ1v) is 17.6. The van der Waals surface area contributed by atoms with Gasteiger partial charge in [0.1, 0.15) is 29.6 Å². The molecule has 18 heteroatoms. The normalized spacial score (nSPS) is 12.1. The summed E-state index contributed by atoms with van der Waals surface area (Å²) in [5.41, 5.74) is 16.0. The van der Waals surface area contributed by atoms with Gasteiger partial charge in [0.2, 0.25) is 11.8 Å². The molecular formula is C36H54N6O12. The van der Waals surface area contributed by atoms with Gasteiger partial charge in [-0.3, -0.25) is 28.8 Å². The largest absolute Gasteiger partial charge is 0.480 e. The molecule has 18 nitrogen and oxygen atoms in total. The molecular weight excluding hydrogens is 708 g/mol. The molecule has 0 aliphatic carbocycles. The van der Waals surface area contributed by atoms with Crippen LogP contribution in [-0.4, -0.2) is 88.7 Å².